The number of ether oxygens (including phenoxy) is 1. The third-order valence-electron chi connectivity index (χ3n) is 3.52. The fourth-order valence-corrected chi connectivity index (χ4v) is 2.81. The quantitative estimate of drug-likeness (QED) is 0.588. The van der Waals surface area contributed by atoms with Crippen LogP contribution in [0.4, 0.5) is 0 Å². The van der Waals surface area contributed by atoms with Gasteiger partial charge in [-0.1, -0.05) is 57.9 Å². The highest BCUT2D eigenvalue weighted by atomic mass is 79.9. The molecule has 0 spiro atoms. The van der Waals surface area contributed by atoms with E-state index in [1.807, 2.05) is 36.4 Å². The Morgan fingerprint density at radius 2 is 1.88 bits per heavy atom. The number of carbonyl (C=O) groups is 1. The summed E-state index contributed by atoms with van der Waals surface area (Å²) in [7, 11) is 0. The van der Waals surface area contributed by atoms with Gasteiger partial charge in [-0.25, -0.2) is 0 Å². The molecule has 132 valence electrons. The summed E-state index contributed by atoms with van der Waals surface area (Å²) >= 11 is 9.36. The Morgan fingerprint density at radius 3 is 2.62 bits per heavy atom. The van der Waals surface area contributed by atoms with Gasteiger partial charge in [0.2, 0.25) is 5.88 Å². The molecule has 0 atom stereocenters. The summed E-state index contributed by atoms with van der Waals surface area (Å²) < 4.78 is 6.30. The molecule has 0 unspecified atom stereocenters. The number of aromatic nitrogens is 2. The third-order valence-corrected chi connectivity index (χ3v) is 4.34. The molecule has 0 aliphatic rings. The summed E-state index contributed by atoms with van der Waals surface area (Å²) in [5, 5.41) is 11.3. The molecule has 7 heteroatoms. The van der Waals surface area contributed by atoms with Gasteiger partial charge in [0.25, 0.3) is 5.91 Å². The Kier molecular flexibility index (Phi) is 6.20. The molecule has 1 amide bonds. The van der Waals surface area contributed by atoms with Crippen molar-refractivity contribution in [3.8, 4) is 17.1 Å². The number of rotatable bonds is 6. The van der Waals surface area contributed by atoms with Gasteiger partial charge in [-0.2, -0.15) is 0 Å². The summed E-state index contributed by atoms with van der Waals surface area (Å²) in [5.41, 5.74) is 2.17. The predicted molar refractivity (Wildman–Crippen MR) is 104 cm³/mol. The van der Waals surface area contributed by atoms with E-state index in [9.17, 15) is 4.79 Å². The second-order valence-electron chi connectivity index (χ2n) is 5.35. The number of nitrogens with one attached hydrogen (secondary N) is 1. The minimum atomic E-state index is -0.259. The summed E-state index contributed by atoms with van der Waals surface area (Å²) in [6.45, 7) is 0.598. The lowest BCUT2D eigenvalue weighted by Crippen LogP contribution is -2.28. The van der Waals surface area contributed by atoms with Crippen LogP contribution in [-0.4, -0.2) is 29.3 Å². The molecule has 0 aliphatic carbocycles. The van der Waals surface area contributed by atoms with Crippen molar-refractivity contribution in [2.75, 3.05) is 13.2 Å². The number of benzene rings is 2. The van der Waals surface area contributed by atoms with Gasteiger partial charge in [-0.05, 0) is 24.3 Å². The third kappa shape index (κ3) is 4.80. The molecular weight excluding hydrogens is 418 g/mol. The van der Waals surface area contributed by atoms with Gasteiger partial charge in [0.15, 0.2) is 0 Å². The highest BCUT2D eigenvalue weighted by molar-refractivity contribution is 9.10. The number of halogens is 2. The number of amides is 1. The maximum absolute atomic E-state index is 12.1. The van der Waals surface area contributed by atoms with E-state index in [1.165, 1.54) is 0 Å². The van der Waals surface area contributed by atoms with Crippen molar-refractivity contribution >= 4 is 33.4 Å². The molecular formula is C19H15BrClN3O2. The van der Waals surface area contributed by atoms with E-state index in [1.54, 1.807) is 24.3 Å². The molecule has 0 bridgehead atoms. The molecule has 0 radical (unpaired) electrons. The van der Waals surface area contributed by atoms with Gasteiger partial charge in [0.05, 0.1) is 22.8 Å². The monoisotopic (exact) mass is 431 g/mol. The van der Waals surface area contributed by atoms with Crippen molar-refractivity contribution in [1.82, 2.24) is 15.5 Å². The Bertz CT molecular complexity index is 889. The van der Waals surface area contributed by atoms with Crippen LogP contribution >= 0.6 is 27.5 Å². The zero-order valence-corrected chi connectivity index (χ0v) is 16.0. The van der Waals surface area contributed by atoms with Crippen molar-refractivity contribution in [3.05, 3.63) is 75.7 Å². The van der Waals surface area contributed by atoms with Crippen LogP contribution in [0.2, 0.25) is 5.02 Å². The van der Waals surface area contributed by atoms with Crippen LogP contribution in [0.1, 0.15) is 10.4 Å². The zero-order valence-electron chi connectivity index (χ0n) is 13.7. The van der Waals surface area contributed by atoms with Crippen LogP contribution in [0.5, 0.6) is 5.88 Å². The maximum Gasteiger partial charge on any atom is 0.252 e. The van der Waals surface area contributed by atoms with Crippen molar-refractivity contribution in [1.29, 1.82) is 0 Å². The molecule has 1 N–H and O–H groups in total. The Labute approximate surface area is 164 Å². The number of hydrogen-bond donors (Lipinski definition) is 1. The van der Waals surface area contributed by atoms with Gasteiger partial charge in [-0.3, -0.25) is 4.79 Å². The Hall–Kier alpha value is -2.44. The first-order valence-electron chi connectivity index (χ1n) is 7.89. The maximum atomic E-state index is 12.1. The highest BCUT2D eigenvalue weighted by Crippen LogP contribution is 2.21. The van der Waals surface area contributed by atoms with Crippen LogP contribution < -0.4 is 10.1 Å². The SMILES string of the molecule is O=C(NCCOc1ccc(-c2ccccc2)nn1)c1cc(Br)ccc1Cl. The van der Waals surface area contributed by atoms with Crippen molar-refractivity contribution in [2.24, 2.45) is 0 Å². The molecule has 5 nitrogen and oxygen atoms in total. The van der Waals surface area contributed by atoms with Gasteiger partial charge in [-0.15, -0.1) is 10.2 Å². The number of hydrogen-bond acceptors (Lipinski definition) is 4. The van der Waals surface area contributed by atoms with Crippen LogP contribution in [0.25, 0.3) is 11.3 Å². The average Bonchev–Trinajstić information content (AvgIpc) is 2.68. The smallest absolute Gasteiger partial charge is 0.252 e. The topological polar surface area (TPSA) is 64.1 Å². The van der Waals surface area contributed by atoms with E-state index < -0.39 is 0 Å². The minimum absolute atomic E-state index is 0.259. The van der Waals surface area contributed by atoms with Crippen LogP contribution in [0.15, 0.2) is 65.1 Å². The van der Waals surface area contributed by atoms with Crippen LogP contribution in [0.3, 0.4) is 0 Å². The molecule has 2 aromatic carbocycles. The van der Waals surface area contributed by atoms with E-state index in [-0.39, 0.29) is 12.5 Å². The summed E-state index contributed by atoms with van der Waals surface area (Å²) in [4.78, 5) is 12.1. The van der Waals surface area contributed by atoms with Gasteiger partial charge < -0.3 is 10.1 Å². The largest absolute Gasteiger partial charge is 0.475 e. The fraction of sp³-hybridized carbons (Fsp3) is 0.105. The first kappa shape index (κ1) is 18.4. The first-order chi connectivity index (χ1) is 12.6. The standard InChI is InChI=1S/C19H15BrClN3O2/c20-14-6-7-16(21)15(12-14)19(25)22-10-11-26-18-9-8-17(23-24-18)13-4-2-1-3-5-13/h1-9,12H,10-11H2,(H,22,25). The van der Waals surface area contributed by atoms with Crippen LogP contribution in [-0.2, 0) is 0 Å². The number of carbonyl (C=O) groups excluding carboxylic acids is 1. The molecule has 1 aromatic heterocycles. The van der Waals surface area contributed by atoms with Crippen molar-refractivity contribution in [2.45, 2.75) is 0 Å². The van der Waals surface area contributed by atoms with Crippen molar-refractivity contribution in [3.63, 3.8) is 0 Å². The molecule has 0 aliphatic heterocycles. The second kappa shape index (κ2) is 8.78. The molecule has 0 saturated carbocycles. The Morgan fingerprint density at radius 1 is 1.08 bits per heavy atom. The zero-order chi connectivity index (χ0) is 18.4. The average molecular weight is 433 g/mol. The normalized spacial score (nSPS) is 10.4. The first-order valence-corrected chi connectivity index (χ1v) is 9.06. The fourth-order valence-electron chi connectivity index (χ4n) is 2.25. The van der Waals surface area contributed by atoms with E-state index in [2.05, 4.69) is 31.4 Å². The van der Waals surface area contributed by atoms with E-state index in [4.69, 9.17) is 16.3 Å². The van der Waals surface area contributed by atoms with Gasteiger partial charge >= 0.3 is 0 Å². The summed E-state index contributed by atoms with van der Waals surface area (Å²) in [5.74, 6) is 0.143. The molecule has 1 heterocycles. The lowest BCUT2D eigenvalue weighted by Gasteiger charge is -2.08. The van der Waals surface area contributed by atoms with E-state index in [0.717, 1.165) is 15.7 Å². The van der Waals surface area contributed by atoms with Crippen molar-refractivity contribution < 1.29 is 9.53 Å². The van der Waals surface area contributed by atoms with E-state index >= 15 is 0 Å². The molecule has 3 aromatic rings. The lowest BCUT2D eigenvalue weighted by atomic mass is 10.1. The molecule has 3 rings (SSSR count). The predicted octanol–water partition coefficient (Wildman–Crippen LogP) is 4.37. The summed E-state index contributed by atoms with van der Waals surface area (Å²) in [6.07, 6.45) is 0. The molecule has 26 heavy (non-hydrogen) atoms. The van der Waals surface area contributed by atoms with Gasteiger partial charge in [0.1, 0.15) is 6.61 Å². The Balaban J connectivity index is 1.49. The second-order valence-corrected chi connectivity index (χ2v) is 6.67. The lowest BCUT2D eigenvalue weighted by molar-refractivity contribution is 0.0946. The van der Waals surface area contributed by atoms with Crippen LogP contribution in [0, 0.1) is 0 Å². The van der Waals surface area contributed by atoms with E-state index in [0.29, 0.717) is 23.0 Å². The van der Waals surface area contributed by atoms with Gasteiger partial charge in [0, 0.05) is 16.1 Å². The highest BCUT2D eigenvalue weighted by Gasteiger charge is 2.10. The minimum Gasteiger partial charge on any atom is -0.475 e. The molecule has 0 saturated heterocycles. The molecule has 0 fully saturated rings. The summed E-state index contributed by atoms with van der Waals surface area (Å²) in [6, 6.07) is 18.5. The number of nitrogens with zero attached hydrogens (tertiary/aromatic N) is 2.